The Morgan fingerprint density at radius 1 is 1.02 bits per heavy atom. The number of hydrogen-bond acceptors (Lipinski definition) is 7. The number of aryl methyl sites for hydroxylation is 1. The Labute approximate surface area is 229 Å². The number of amides is 1. The van der Waals surface area contributed by atoms with Crippen LogP contribution in [0.1, 0.15) is 56.0 Å². The summed E-state index contributed by atoms with van der Waals surface area (Å²) in [5.74, 6) is -2.89. The number of hydrogen-bond donors (Lipinski definition) is 0. The first kappa shape index (κ1) is 28.2. The molecule has 9 nitrogen and oxygen atoms in total. The van der Waals surface area contributed by atoms with Gasteiger partial charge in [-0.1, -0.05) is 24.3 Å². The highest BCUT2D eigenvalue weighted by Gasteiger charge is 2.27. The molecule has 0 fully saturated rings. The molecule has 0 aliphatic carbocycles. The molecule has 0 saturated heterocycles. The van der Waals surface area contributed by atoms with E-state index in [0.29, 0.717) is 17.7 Å². The van der Waals surface area contributed by atoms with Crippen LogP contribution in [-0.2, 0) is 18.2 Å². The molecule has 1 amide bonds. The second-order valence-electron chi connectivity index (χ2n) is 9.05. The van der Waals surface area contributed by atoms with Gasteiger partial charge in [0, 0.05) is 32.4 Å². The van der Waals surface area contributed by atoms with Crippen LogP contribution in [0.15, 0.2) is 65.6 Å². The fourth-order valence-corrected chi connectivity index (χ4v) is 4.19. The first-order valence-electron chi connectivity index (χ1n) is 12.7. The van der Waals surface area contributed by atoms with Crippen molar-refractivity contribution in [3.63, 3.8) is 0 Å². The van der Waals surface area contributed by atoms with Crippen molar-refractivity contribution in [1.29, 1.82) is 0 Å². The minimum absolute atomic E-state index is 0.00437. The number of halogens is 1. The highest BCUT2D eigenvalue weighted by molar-refractivity contribution is 6.02. The number of benzene rings is 2. The van der Waals surface area contributed by atoms with E-state index in [-0.39, 0.29) is 46.8 Å². The van der Waals surface area contributed by atoms with Crippen molar-refractivity contribution in [2.75, 3.05) is 20.2 Å². The predicted molar refractivity (Wildman–Crippen MR) is 146 cm³/mol. The van der Waals surface area contributed by atoms with Crippen molar-refractivity contribution in [2.45, 2.75) is 20.3 Å². The summed E-state index contributed by atoms with van der Waals surface area (Å²) in [5.41, 5.74) is 0.801. The summed E-state index contributed by atoms with van der Waals surface area (Å²) >= 11 is 0. The number of nitrogens with zero attached hydrogens (tertiary/aromatic N) is 3. The molecule has 0 spiro atoms. The van der Waals surface area contributed by atoms with Gasteiger partial charge in [-0.05, 0) is 61.7 Å². The lowest BCUT2D eigenvalue weighted by atomic mass is 9.99. The van der Waals surface area contributed by atoms with Crippen LogP contribution in [0.2, 0.25) is 0 Å². The average molecular weight is 546 g/mol. The van der Waals surface area contributed by atoms with Crippen molar-refractivity contribution >= 4 is 28.9 Å². The van der Waals surface area contributed by atoms with Crippen LogP contribution in [0.4, 0.5) is 4.39 Å². The van der Waals surface area contributed by atoms with Gasteiger partial charge >= 0.3 is 11.9 Å². The molecule has 10 heteroatoms. The maximum absolute atomic E-state index is 14.0. The number of carbonyl (C=O) groups is 3. The van der Waals surface area contributed by atoms with Crippen LogP contribution in [0.3, 0.4) is 0 Å². The van der Waals surface area contributed by atoms with Crippen molar-refractivity contribution in [1.82, 2.24) is 14.5 Å². The summed E-state index contributed by atoms with van der Waals surface area (Å²) in [6.07, 6.45) is 1.69. The van der Waals surface area contributed by atoms with E-state index >= 15 is 0 Å². The molecule has 0 aliphatic rings. The van der Waals surface area contributed by atoms with Crippen LogP contribution >= 0.6 is 0 Å². The van der Waals surface area contributed by atoms with E-state index in [0.717, 1.165) is 0 Å². The molecule has 0 bridgehead atoms. The fraction of sp³-hybridized carbons (Fsp3) is 0.233. The van der Waals surface area contributed by atoms with Crippen molar-refractivity contribution in [2.24, 2.45) is 7.05 Å². The van der Waals surface area contributed by atoms with E-state index in [4.69, 9.17) is 9.47 Å². The molecule has 206 valence electrons. The third kappa shape index (κ3) is 5.61. The molecule has 0 radical (unpaired) electrons. The van der Waals surface area contributed by atoms with Crippen molar-refractivity contribution in [3.05, 3.63) is 105 Å². The van der Waals surface area contributed by atoms with E-state index in [1.807, 2.05) is 6.92 Å². The molecule has 4 aromatic rings. The van der Waals surface area contributed by atoms with Gasteiger partial charge in [-0.3, -0.25) is 14.6 Å². The van der Waals surface area contributed by atoms with Gasteiger partial charge in [0.25, 0.3) is 11.5 Å². The maximum Gasteiger partial charge on any atom is 0.347 e. The fourth-order valence-electron chi connectivity index (χ4n) is 4.19. The Hall–Kier alpha value is -4.86. The molecule has 0 aliphatic heterocycles. The Morgan fingerprint density at radius 3 is 2.42 bits per heavy atom. The van der Waals surface area contributed by atoms with Crippen LogP contribution in [0.5, 0.6) is 5.75 Å². The topological polar surface area (TPSA) is 108 Å². The molecule has 0 saturated carbocycles. The summed E-state index contributed by atoms with van der Waals surface area (Å²) in [6.45, 7) is 3.86. The van der Waals surface area contributed by atoms with E-state index < -0.39 is 28.9 Å². The maximum atomic E-state index is 14.0. The third-order valence-electron chi connectivity index (χ3n) is 6.45. The minimum atomic E-state index is -0.943. The van der Waals surface area contributed by atoms with Crippen LogP contribution in [0, 0.1) is 5.82 Å². The molecule has 0 N–H and O–H groups in total. The number of pyridine rings is 2. The predicted octanol–water partition coefficient (Wildman–Crippen LogP) is 4.15. The number of aromatic nitrogens is 2. The molecule has 2 heterocycles. The van der Waals surface area contributed by atoms with Crippen LogP contribution < -0.4 is 10.3 Å². The molecule has 40 heavy (non-hydrogen) atoms. The second-order valence-corrected chi connectivity index (χ2v) is 9.05. The Morgan fingerprint density at radius 2 is 1.75 bits per heavy atom. The highest BCUT2D eigenvalue weighted by atomic mass is 19.1. The van der Waals surface area contributed by atoms with Gasteiger partial charge in [0.05, 0.1) is 17.7 Å². The first-order chi connectivity index (χ1) is 19.2. The summed E-state index contributed by atoms with van der Waals surface area (Å²) in [5, 5.41) is 0. The van der Waals surface area contributed by atoms with Gasteiger partial charge in [-0.2, -0.15) is 0 Å². The zero-order valence-electron chi connectivity index (χ0n) is 22.6. The molecule has 0 atom stereocenters. The number of esters is 2. The smallest absolute Gasteiger partial charge is 0.347 e. The van der Waals surface area contributed by atoms with Gasteiger partial charge in [0.1, 0.15) is 11.3 Å². The number of fused-ring (bicyclic) bond motifs is 1. The van der Waals surface area contributed by atoms with E-state index in [9.17, 15) is 23.6 Å². The largest absolute Gasteiger partial charge is 0.462 e. The van der Waals surface area contributed by atoms with Crippen LogP contribution in [-0.4, -0.2) is 52.5 Å². The summed E-state index contributed by atoms with van der Waals surface area (Å²) in [6, 6.07) is 13.8. The molecule has 2 aromatic heterocycles. The Bertz CT molecular complexity index is 1670. The van der Waals surface area contributed by atoms with Gasteiger partial charge in [-0.25, -0.2) is 14.0 Å². The van der Waals surface area contributed by atoms with E-state index in [1.54, 1.807) is 50.4 Å². The summed E-state index contributed by atoms with van der Waals surface area (Å²) in [4.78, 5) is 57.9. The summed E-state index contributed by atoms with van der Waals surface area (Å²) in [7, 11) is 3.09. The monoisotopic (exact) mass is 545 g/mol. The molecular formula is C30H28FN3O6. The zero-order chi connectivity index (χ0) is 29.0. The molecule has 2 aromatic carbocycles. The molecular weight excluding hydrogens is 517 g/mol. The highest BCUT2D eigenvalue weighted by Crippen LogP contribution is 2.29. The van der Waals surface area contributed by atoms with Crippen LogP contribution in [0.25, 0.3) is 11.0 Å². The minimum Gasteiger partial charge on any atom is -0.462 e. The van der Waals surface area contributed by atoms with E-state index in [1.165, 1.54) is 40.9 Å². The number of carbonyl (C=O) groups excluding carboxylic acids is 3. The second kappa shape index (κ2) is 11.9. The number of ether oxygens (including phenoxy) is 2. The summed E-state index contributed by atoms with van der Waals surface area (Å²) < 4.78 is 26.0. The lowest BCUT2D eigenvalue weighted by molar-refractivity contribution is 0.0517. The molecule has 0 unspecified atom stereocenters. The first-order valence-corrected chi connectivity index (χ1v) is 12.7. The van der Waals surface area contributed by atoms with Gasteiger partial charge < -0.3 is 18.9 Å². The SMILES string of the molecule is CCOC(=O)c1c(OC(=O)c2ccccc2)c2ncc(Cc3ccc(F)cc3C(=O)N(C)CC)cc2n(C)c1=O. The Kier molecular flexibility index (Phi) is 8.37. The lowest BCUT2D eigenvalue weighted by Gasteiger charge is -2.18. The zero-order valence-corrected chi connectivity index (χ0v) is 22.6. The normalized spacial score (nSPS) is 10.8. The van der Waals surface area contributed by atoms with Crippen molar-refractivity contribution < 1.29 is 28.2 Å². The van der Waals surface area contributed by atoms with Crippen molar-refractivity contribution in [3.8, 4) is 5.75 Å². The lowest BCUT2D eigenvalue weighted by Crippen LogP contribution is -2.28. The van der Waals surface area contributed by atoms with E-state index in [2.05, 4.69) is 4.98 Å². The quantitative estimate of drug-likeness (QED) is 0.306. The third-order valence-corrected chi connectivity index (χ3v) is 6.45. The standard InChI is InChI=1S/C30H28FN3O6/c1-5-33(3)27(35)22-16-21(31)13-12-20(22)14-18-15-23-25(32-17-18)26(40-29(37)19-10-8-7-9-11-19)24(28(36)34(23)4)30(38)39-6-2/h7-13,15-17H,5-6,14H2,1-4H3. The van der Waals surface area contributed by atoms with Gasteiger partial charge in [0.2, 0.25) is 0 Å². The van der Waals surface area contributed by atoms with Gasteiger partial charge in [0.15, 0.2) is 11.3 Å². The Balaban J connectivity index is 1.84. The molecule has 4 rings (SSSR count). The van der Waals surface area contributed by atoms with Gasteiger partial charge in [-0.15, -0.1) is 0 Å². The number of rotatable bonds is 8. The average Bonchev–Trinajstić information content (AvgIpc) is 2.96.